The number of rotatable bonds is 29. The Labute approximate surface area is 342 Å². The molecule has 14 nitrogen and oxygen atoms in total. The normalized spacial score (nSPS) is 21.6. The highest BCUT2D eigenvalue weighted by molar-refractivity contribution is 7.47. The fourth-order valence-electron chi connectivity index (χ4n) is 7.24. The van der Waals surface area contributed by atoms with Gasteiger partial charge in [0.05, 0.1) is 50.4 Å². The summed E-state index contributed by atoms with van der Waals surface area (Å²) in [7, 11) is -4.81. The summed E-state index contributed by atoms with van der Waals surface area (Å²) in [5.74, 6) is -0.421. The van der Waals surface area contributed by atoms with Crippen LogP contribution in [0.4, 0.5) is 10.2 Å². The topological polar surface area (TPSA) is 204 Å². The summed E-state index contributed by atoms with van der Waals surface area (Å²) in [5.41, 5.74) is 2.15. The molecule has 4 rings (SSSR count). The Morgan fingerprint density at radius 2 is 1.62 bits per heavy atom. The highest BCUT2D eigenvalue weighted by Gasteiger charge is 2.58. The Balaban J connectivity index is 1.22. The number of nitriles is 1. The largest absolute Gasteiger partial charge is 0.472 e. The molecule has 1 aromatic carbocycles. The van der Waals surface area contributed by atoms with E-state index in [1.165, 1.54) is 119 Å². The molecule has 1 fully saturated rings. The molecule has 1 aliphatic rings. The highest BCUT2D eigenvalue weighted by atomic mass is 31.2. The first kappa shape index (κ1) is 47.6. The van der Waals surface area contributed by atoms with Gasteiger partial charge in [0, 0.05) is 6.61 Å². The maximum Gasteiger partial charge on any atom is 0.472 e. The molecule has 324 valence electrons. The van der Waals surface area contributed by atoms with E-state index in [0.717, 1.165) is 25.3 Å². The predicted molar refractivity (Wildman–Crippen MR) is 218 cm³/mol. The average molecular weight is 834 g/mol. The van der Waals surface area contributed by atoms with Gasteiger partial charge in [0.1, 0.15) is 35.0 Å². The molecule has 0 aliphatic carbocycles. The van der Waals surface area contributed by atoms with E-state index >= 15 is 0 Å². The molecule has 0 spiro atoms. The van der Waals surface area contributed by atoms with E-state index in [9.17, 15) is 29.3 Å². The van der Waals surface area contributed by atoms with Gasteiger partial charge in [-0.2, -0.15) is 10.4 Å². The van der Waals surface area contributed by atoms with Crippen molar-refractivity contribution in [2.45, 2.75) is 153 Å². The number of aliphatic hydroxyl groups excluding tert-OH is 1. The Hall–Kier alpha value is -3.03. The molecule has 1 aliphatic heterocycles. The Bertz CT molecular complexity index is 1800. The molecular formula is C42H65FN5O9P. The molecule has 1 saturated heterocycles. The number of aromatic nitrogens is 3. The minimum absolute atomic E-state index is 0.0158. The molecular weight excluding hydrogens is 768 g/mol. The number of nitrogen functional groups attached to an aromatic ring is 1. The number of unbranched alkanes of at least 4 members (excludes halogenated alkanes) is 15. The average Bonchev–Trinajstić information content (AvgIpc) is 3.75. The maximum absolute atomic E-state index is 14.2. The lowest BCUT2D eigenvalue weighted by Gasteiger charge is -2.33. The zero-order valence-corrected chi connectivity index (χ0v) is 35.5. The van der Waals surface area contributed by atoms with E-state index in [4.69, 9.17) is 29.0 Å². The number of phosphoric acid groups is 1. The summed E-state index contributed by atoms with van der Waals surface area (Å²) in [5, 5.41) is 36.3. The number of ether oxygens (including phenoxy) is 3. The third kappa shape index (κ3) is 14.3. The molecule has 0 radical (unpaired) electrons. The quantitative estimate of drug-likeness (QED) is 0.0387. The summed E-state index contributed by atoms with van der Waals surface area (Å²) in [6.07, 6.45) is 19.7. The first-order valence-corrected chi connectivity index (χ1v) is 22.4. The molecule has 5 atom stereocenters. The lowest BCUT2D eigenvalue weighted by Crippen LogP contribution is -2.49. The van der Waals surface area contributed by atoms with Crippen LogP contribution >= 0.6 is 7.82 Å². The molecule has 0 amide bonds. The third-order valence-electron chi connectivity index (χ3n) is 10.8. The lowest BCUT2D eigenvalue weighted by molar-refractivity contribution is -0.123. The van der Waals surface area contributed by atoms with E-state index in [1.807, 2.05) is 6.07 Å². The van der Waals surface area contributed by atoms with Crippen LogP contribution in [-0.2, 0) is 40.0 Å². The zero-order valence-electron chi connectivity index (χ0n) is 34.6. The van der Waals surface area contributed by atoms with Gasteiger partial charge in [-0.15, -0.1) is 0 Å². The van der Waals surface area contributed by atoms with E-state index in [2.05, 4.69) is 17.0 Å². The van der Waals surface area contributed by atoms with Crippen LogP contribution in [-0.4, -0.2) is 80.0 Å². The van der Waals surface area contributed by atoms with E-state index in [0.29, 0.717) is 17.7 Å². The lowest BCUT2D eigenvalue weighted by atomic mass is 9.86. The van der Waals surface area contributed by atoms with Crippen LogP contribution in [0.2, 0.25) is 0 Å². The van der Waals surface area contributed by atoms with Gasteiger partial charge in [0.2, 0.25) is 0 Å². The Morgan fingerprint density at radius 1 is 1.00 bits per heavy atom. The summed E-state index contributed by atoms with van der Waals surface area (Å²) in [6, 6.07) is 8.90. The van der Waals surface area contributed by atoms with Crippen molar-refractivity contribution in [3.05, 3.63) is 59.3 Å². The molecule has 2 aromatic heterocycles. The second-order valence-electron chi connectivity index (χ2n) is 16.2. The van der Waals surface area contributed by atoms with Gasteiger partial charge in [-0.25, -0.2) is 18.5 Å². The molecule has 16 heteroatoms. The number of hydrogen-bond acceptors (Lipinski definition) is 12. The van der Waals surface area contributed by atoms with Gasteiger partial charge in [-0.3, -0.25) is 9.05 Å². The van der Waals surface area contributed by atoms with E-state index in [-0.39, 0.29) is 36.9 Å². The smallest absolute Gasteiger partial charge is 0.386 e. The molecule has 0 bridgehead atoms. The molecule has 0 saturated carbocycles. The van der Waals surface area contributed by atoms with Crippen molar-refractivity contribution in [3.8, 4) is 6.07 Å². The second kappa shape index (κ2) is 23.1. The summed E-state index contributed by atoms with van der Waals surface area (Å²) >= 11 is 0. The number of benzene rings is 1. The van der Waals surface area contributed by atoms with Crippen LogP contribution < -0.4 is 5.73 Å². The number of nitrogens with two attached hydrogens (primary N) is 1. The zero-order chi connectivity index (χ0) is 42.1. The molecule has 1 unspecified atom stereocenters. The molecule has 3 heterocycles. The number of anilines is 1. The van der Waals surface area contributed by atoms with E-state index in [1.54, 1.807) is 13.0 Å². The maximum atomic E-state index is 14.2. The Kier molecular flexibility index (Phi) is 19.0. The van der Waals surface area contributed by atoms with Crippen LogP contribution in [0.5, 0.6) is 0 Å². The van der Waals surface area contributed by atoms with Crippen molar-refractivity contribution in [3.63, 3.8) is 0 Å². The van der Waals surface area contributed by atoms with Crippen LogP contribution in [0.25, 0.3) is 5.52 Å². The van der Waals surface area contributed by atoms with Gasteiger partial charge in [-0.05, 0) is 56.2 Å². The highest BCUT2D eigenvalue weighted by Crippen LogP contribution is 2.48. The molecule has 3 aromatic rings. The standard InChI is InChI=1S/C42H65FN5O9P/c1-4-5-6-7-8-9-10-11-12-13-14-15-16-17-18-19-22-53-28-40(2,54-27-34-23-33(26-44)24-35(43)25-34)29-56-58(51,52)57-30-41(3)39(49)42(50,31-55-41)37-21-20-36-38(45)46-32-47-48(36)37/h20-21,23-25,32,39,49-50H,4-19,22,27-31H2,1-3H3,(H,51,52)(H2,45,46,47)/t39-,40-,41-,42+/m1/s1. The number of aliphatic hydroxyl groups is 2. The van der Waals surface area contributed by atoms with Crippen LogP contribution in [0.1, 0.15) is 140 Å². The summed E-state index contributed by atoms with van der Waals surface area (Å²) < 4.78 is 57.2. The van der Waals surface area contributed by atoms with Gasteiger partial charge in [-0.1, -0.05) is 103 Å². The minimum Gasteiger partial charge on any atom is -0.386 e. The SMILES string of the molecule is CCCCCCCCCCCCCCCCCCOC[C@](C)(COP(=O)(O)OC[C@@]1(C)OC[C@](O)(c2ccc3c(N)ncnn23)[C@@H]1O)OCc1cc(F)cc(C#N)c1. The van der Waals surface area contributed by atoms with Crippen LogP contribution in [0, 0.1) is 17.1 Å². The minimum atomic E-state index is -4.81. The molecule has 58 heavy (non-hydrogen) atoms. The fraction of sp³-hybridized carbons (Fsp3) is 0.690. The van der Waals surface area contributed by atoms with Crippen LogP contribution in [0.15, 0.2) is 36.7 Å². The van der Waals surface area contributed by atoms with Gasteiger partial charge >= 0.3 is 7.82 Å². The van der Waals surface area contributed by atoms with Crippen molar-refractivity contribution in [1.82, 2.24) is 14.6 Å². The monoisotopic (exact) mass is 833 g/mol. The van der Waals surface area contributed by atoms with Crippen molar-refractivity contribution in [2.24, 2.45) is 0 Å². The van der Waals surface area contributed by atoms with Crippen LogP contribution in [0.3, 0.4) is 0 Å². The van der Waals surface area contributed by atoms with Crippen molar-refractivity contribution in [2.75, 3.05) is 38.8 Å². The van der Waals surface area contributed by atoms with E-state index < -0.39 is 49.8 Å². The summed E-state index contributed by atoms with van der Waals surface area (Å²) in [6.45, 7) is 4.15. The number of halogens is 1. The third-order valence-corrected chi connectivity index (χ3v) is 11.8. The number of fused-ring (bicyclic) bond motifs is 1. The van der Waals surface area contributed by atoms with Gasteiger partial charge in [0.15, 0.2) is 11.4 Å². The van der Waals surface area contributed by atoms with Crippen molar-refractivity contribution in [1.29, 1.82) is 5.26 Å². The van der Waals surface area contributed by atoms with Crippen molar-refractivity contribution >= 4 is 19.2 Å². The first-order valence-electron chi connectivity index (χ1n) is 20.9. The first-order chi connectivity index (χ1) is 27.7. The van der Waals surface area contributed by atoms with Crippen molar-refractivity contribution < 1.29 is 47.3 Å². The number of nitrogens with zero attached hydrogens (tertiary/aromatic N) is 4. The second-order valence-corrected chi connectivity index (χ2v) is 17.6. The van der Waals surface area contributed by atoms with Gasteiger partial charge < -0.3 is 35.1 Å². The predicted octanol–water partition coefficient (Wildman–Crippen LogP) is 8.05. The fourth-order valence-corrected chi connectivity index (χ4v) is 8.17. The Morgan fingerprint density at radius 3 is 2.24 bits per heavy atom. The molecule has 5 N–H and O–H groups in total. The number of phosphoric ester groups is 1. The number of hydrogen-bond donors (Lipinski definition) is 4. The van der Waals surface area contributed by atoms with Gasteiger partial charge in [0.25, 0.3) is 0 Å². The summed E-state index contributed by atoms with van der Waals surface area (Å²) in [4.78, 5) is 14.7.